The SMILES string of the molecule is Cc1cc(F)c(NCC(C)/C(N)=N/O)cc1F. The third-order valence-electron chi connectivity index (χ3n) is 2.47. The number of oxime groups is 1. The summed E-state index contributed by atoms with van der Waals surface area (Å²) in [4.78, 5) is 0. The first kappa shape index (κ1) is 13.2. The highest BCUT2D eigenvalue weighted by Crippen LogP contribution is 2.19. The van der Waals surface area contributed by atoms with Gasteiger partial charge in [-0.05, 0) is 18.6 Å². The molecule has 0 aliphatic heterocycles. The summed E-state index contributed by atoms with van der Waals surface area (Å²) in [5, 5.41) is 14.0. The molecule has 0 amide bonds. The number of nitrogens with zero attached hydrogens (tertiary/aromatic N) is 1. The maximum Gasteiger partial charge on any atom is 0.146 e. The molecule has 1 rings (SSSR count). The van der Waals surface area contributed by atoms with E-state index >= 15 is 0 Å². The van der Waals surface area contributed by atoms with Gasteiger partial charge in [0.2, 0.25) is 0 Å². The number of halogens is 2. The normalized spacial score (nSPS) is 13.5. The van der Waals surface area contributed by atoms with E-state index in [-0.39, 0.29) is 29.5 Å². The maximum atomic E-state index is 13.4. The summed E-state index contributed by atoms with van der Waals surface area (Å²) >= 11 is 0. The Morgan fingerprint density at radius 1 is 1.47 bits per heavy atom. The van der Waals surface area contributed by atoms with E-state index < -0.39 is 11.6 Å². The van der Waals surface area contributed by atoms with Gasteiger partial charge in [-0.2, -0.15) is 0 Å². The van der Waals surface area contributed by atoms with Gasteiger partial charge < -0.3 is 16.3 Å². The standard InChI is InChI=1S/C11H15F2N3O/c1-6-3-9(13)10(4-8(6)12)15-5-7(2)11(14)16-17/h3-4,7,15,17H,5H2,1-2H3,(H2,14,16). The molecule has 0 aromatic heterocycles. The highest BCUT2D eigenvalue weighted by atomic mass is 19.1. The van der Waals surface area contributed by atoms with Crippen LogP contribution in [0, 0.1) is 24.5 Å². The van der Waals surface area contributed by atoms with Gasteiger partial charge in [0.25, 0.3) is 0 Å². The zero-order valence-electron chi connectivity index (χ0n) is 9.67. The third-order valence-corrected chi connectivity index (χ3v) is 2.47. The molecule has 1 aromatic rings. The van der Waals surface area contributed by atoms with Gasteiger partial charge in [-0.3, -0.25) is 0 Å². The highest BCUT2D eigenvalue weighted by Gasteiger charge is 2.10. The fourth-order valence-corrected chi connectivity index (χ4v) is 1.25. The van der Waals surface area contributed by atoms with Crippen LogP contribution < -0.4 is 11.1 Å². The fraction of sp³-hybridized carbons (Fsp3) is 0.364. The van der Waals surface area contributed by atoms with Gasteiger partial charge in [0.15, 0.2) is 0 Å². The molecule has 0 radical (unpaired) electrons. The molecular weight excluding hydrogens is 228 g/mol. The molecule has 0 bridgehead atoms. The van der Waals surface area contributed by atoms with Crippen LogP contribution in [0.25, 0.3) is 0 Å². The molecule has 0 saturated heterocycles. The van der Waals surface area contributed by atoms with E-state index in [1.54, 1.807) is 6.92 Å². The number of aryl methyl sites for hydroxylation is 1. The van der Waals surface area contributed by atoms with E-state index in [0.29, 0.717) is 0 Å². The van der Waals surface area contributed by atoms with E-state index in [2.05, 4.69) is 10.5 Å². The van der Waals surface area contributed by atoms with Crippen molar-refractivity contribution >= 4 is 11.5 Å². The van der Waals surface area contributed by atoms with E-state index in [1.807, 2.05) is 0 Å². The van der Waals surface area contributed by atoms with Crippen molar-refractivity contribution in [2.24, 2.45) is 16.8 Å². The lowest BCUT2D eigenvalue weighted by Gasteiger charge is -2.13. The number of nitrogens with two attached hydrogens (primary N) is 1. The molecule has 0 aliphatic rings. The quantitative estimate of drug-likeness (QED) is 0.328. The van der Waals surface area contributed by atoms with Crippen molar-refractivity contribution in [3.63, 3.8) is 0 Å². The van der Waals surface area contributed by atoms with Crippen molar-refractivity contribution < 1.29 is 14.0 Å². The Balaban J connectivity index is 2.73. The molecule has 6 heteroatoms. The number of nitrogens with one attached hydrogen (secondary N) is 1. The Kier molecular flexibility index (Phi) is 4.25. The van der Waals surface area contributed by atoms with Gasteiger partial charge >= 0.3 is 0 Å². The van der Waals surface area contributed by atoms with Gasteiger partial charge in [0.1, 0.15) is 17.5 Å². The summed E-state index contributed by atoms with van der Waals surface area (Å²) in [5.41, 5.74) is 5.67. The van der Waals surface area contributed by atoms with E-state index in [9.17, 15) is 8.78 Å². The first-order valence-electron chi connectivity index (χ1n) is 5.12. The number of amidine groups is 1. The number of rotatable bonds is 4. The molecule has 4 N–H and O–H groups in total. The maximum absolute atomic E-state index is 13.4. The van der Waals surface area contributed by atoms with Crippen molar-refractivity contribution in [1.29, 1.82) is 0 Å². The van der Waals surface area contributed by atoms with Crippen LogP contribution in [0.3, 0.4) is 0 Å². The Morgan fingerprint density at radius 2 is 2.12 bits per heavy atom. The number of benzene rings is 1. The second kappa shape index (κ2) is 5.47. The average Bonchev–Trinajstić information content (AvgIpc) is 2.30. The van der Waals surface area contributed by atoms with Crippen molar-refractivity contribution in [3.8, 4) is 0 Å². The van der Waals surface area contributed by atoms with Gasteiger partial charge in [-0.15, -0.1) is 0 Å². The Labute approximate surface area is 98.1 Å². The van der Waals surface area contributed by atoms with Gasteiger partial charge in [-0.1, -0.05) is 12.1 Å². The van der Waals surface area contributed by atoms with Crippen LogP contribution in [0.2, 0.25) is 0 Å². The van der Waals surface area contributed by atoms with Crippen LogP contribution >= 0.6 is 0 Å². The molecule has 94 valence electrons. The predicted molar refractivity (Wildman–Crippen MR) is 62.2 cm³/mol. The summed E-state index contributed by atoms with van der Waals surface area (Å²) < 4.78 is 26.6. The number of hydrogen-bond acceptors (Lipinski definition) is 3. The largest absolute Gasteiger partial charge is 0.409 e. The molecule has 4 nitrogen and oxygen atoms in total. The van der Waals surface area contributed by atoms with Crippen LogP contribution in [0.15, 0.2) is 17.3 Å². The molecule has 0 saturated carbocycles. The van der Waals surface area contributed by atoms with Gasteiger partial charge in [0, 0.05) is 18.5 Å². The average molecular weight is 243 g/mol. The monoisotopic (exact) mass is 243 g/mol. The van der Waals surface area contributed by atoms with Gasteiger partial charge in [-0.25, -0.2) is 8.78 Å². The van der Waals surface area contributed by atoms with Crippen LogP contribution in [-0.4, -0.2) is 17.6 Å². The summed E-state index contributed by atoms with van der Waals surface area (Å²) in [7, 11) is 0. The topological polar surface area (TPSA) is 70.6 Å². The first-order chi connectivity index (χ1) is 7.95. The summed E-state index contributed by atoms with van der Waals surface area (Å²) in [6.07, 6.45) is 0. The lowest BCUT2D eigenvalue weighted by Crippen LogP contribution is -2.27. The minimum Gasteiger partial charge on any atom is -0.409 e. The number of hydrogen-bond donors (Lipinski definition) is 3. The van der Waals surface area contributed by atoms with E-state index in [1.165, 1.54) is 6.92 Å². The zero-order chi connectivity index (χ0) is 13.0. The molecule has 1 atom stereocenters. The lowest BCUT2D eigenvalue weighted by atomic mass is 10.1. The third kappa shape index (κ3) is 3.30. The van der Waals surface area contributed by atoms with E-state index in [4.69, 9.17) is 10.9 Å². The predicted octanol–water partition coefficient (Wildman–Crippen LogP) is 2.07. The molecule has 1 aromatic carbocycles. The Morgan fingerprint density at radius 3 is 2.71 bits per heavy atom. The second-order valence-corrected chi connectivity index (χ2v) is 3.89. The Hall–Kier alpha value is -1.85. The van der Waals surface area contributed by atoms with E-state index in [0.717, 1.165) is 12.1 Å². The first-order valence-corrected chi connectivity index (χ1v) is 5.12. The van der Waals surface area contributed by atoms with Crippen molar-refractivity contribution in [2.45, 2.75) is 13.8 Å². The van der Waals surface area contributed by atoms with Crippen molar-refractivity contribution in [2.75, 3.05) is 11.9 Å². The van der Waals surface area contributed by atoms with Crippen LogP contribution in [0.1, 0.15) is 12.5 Å². The molecule has 0 spiro atoms. The Bertz CT molecular complexity index is 435. The number of anilines is 1. The highest BCUT2D eigenvalue weighted by molar-refractivity contribution is 5.82. The molecule has 1 unspecified atom stereocenters. The van der Waals surface area contributed by atoms with Gasteiger partial charge in [0.05, 0.1) is 5.69 Å². The van der Waals surface area contributed by atoms with Crippen LogP contribution in [0.5, 0.6) is 0 Å². The summed E-state index contributed by atoms with van der Waals surface area (Å²) in [5.74, 6) is -1.27. The molecule has 17 heavy (non-hydrogen) atoms. The smallest absolute Gasteiger partial charge is 0.146 e. The second-order valence-electron chi connectivity index (χ2n) is 3.89. The fourth-order valence-electron chi connectivity index (χ4n) is 1.25. The minimum absolute atomic E-state index is 0.0329. The molecule has 0 heterocycles. The van der Waals surface area contributed by atoms with Crippen molar-refractivity contribution in [1.82, 2.24) is 0 Å². The van der Waals surface area contributed by atoms with Crippen LogP contribution in [0.4, 0.5) is 14.5 Å². The molecule has 0 aliphatic carbocycles. The lowest BCUT2D eigenvalue weighted by molar-refractivity contribution is 0.315. The summed E-state index contributed by atoms with van der Waals surface area (Å²) in [6, 6.07) is 2.20. The van der Waals surface area contributed by atoms with Crippen LogP contribution in [-0.2, 0) is 0 Å². The van der Waals surface area contributed by atoms with Crippen molar-refractivity contribution in [3.05, 3.63) is 29.3 Å². The summed E-state index contributed by atoms with van der Waals surface area (Å²) in [6.45, 7) is 3.43. The minimum atomic E-state index is -0.532. The zero-order valence-corrected chi connectivity index (χ0v) is 9.67. The molecule has 0 fully saturated rings. The molecular formula is C11H15F2N3O.